The van der Waals surface area contributed by atoms with Gasteiger partial charge in [0.15, 0.2) is 0 Å². The van der Waals surface area contributed by atoms with Gasteiger partial charge in [-0.15, -0.1) is 11.8 Å². The average Bonchev–Trinajstić information content (AvgIpc) is 2.40. The van der Waals surface area contributed by atoms with Crippen molar-refractivity contribution in [3.63, 3.8) is 0 Å². The molecule has 0 bridgehead atoms. The highest BCUT2D eigenvalue weighted by molar-refractivity contribution is 7.99. The van der Waals surface area contributed by atoms with Gasteiger partial charge in [-0.3, -0.25) is 4.79 Å². The van der Waals surface area contributed by atoms with Crippen molar-refractivity contribution in [2.45, 2.75) is 37.2 Å². The molecule has 1 rings (SSSR count). The normalized spacial score (nSPS) is 12.2. The Morgan fingerprint density at radius 3 is 2.61 bits per heavy atom. The number of rotatable bonds is 7. The highest BCUT2D eigenvalue weighted by Gasteiger charge is 2.18. The lowest BCUT2D eigenvalue weighted by Gasteiger charge is -2.13. The first-order valence-electron chi connectivity index (χ1n) is 6.11. The summed E-state index contributed by atoms with van der Waals surface area (Å²) in [5, 5.41) is 0.671. The van der Waals surface area contributed by atoms with Gasteiger partial charge >= 0.3 is 5.97 Å². The molecule has 100 valence electrons. The van der Waals surface area contributed by atoms with E-state index in [2.05, 4.69) is 6.92 Å². The molecule has 0 fully saturated rings. The maximum Gasteiger partial charge on any atom is 0.318 e. The number of benzene rings is 1. The molecule has 1 aromatic carbocycles. The summed E-state index contributed by atoms with van der Waals surface area (Å²) in [5.74, 6) is 0.683. The largest absolute Gasteiger partial charge is 0.468 e. The van der Waals surface area contributed by atoms with Gasteiger partial charge in [0.2, 0.25) is 0 Å². The standard InChI is InChI=1S/C14H19ClO2S/c1-3-4-5-13(14(16)17-2)18-10-11-6-8-12(15)9-7-11/h6-9,13H,3-5,10H2,1-2H3. The fourth-order valence-electron chi connectivity index (χ4n) is 1.57. The number of thioether (sulfide) groups is 1. The molecule has 4 heteroatoms. The van der Waals surface area contributed by atoms with Crippen molar-refractivity contribution in [1.82, 2.24) is 0 Å². The quantitative estimate of drug-likeness (QED) is 0.699. The molecule has 0 spiro atoms. The van der Waals surface area contributed by atoms with Gasteiger partial charge in [0, 0.05) is 10.8 Å². The van der Waals surface area contributed by atoms with Crippen LogP contribution >= 0.6 is 23.4 Å². The Morgan fingerprint density at radius 1 is 1.39 bits per heavy atom. The smallest absolute Gasteiger partial charge is 0.318 e. The Balaban J connectivity index is 2.50. The number of hydrogen-bond acceptors (Lipinski definition) is 3. The lowest BCUT2D eigenvalue weighted by molar-refractivity contribution is -0.140. The zero-order valence-corrected chi connectivity index (χ0v) is 12.4. The summed E-state index contributed by atoms with van der Waals surface area (Å²) in [6.07, 6.45) is 3.02. The van der Waals surface area contributed by atoms with E-state index in [1.807, 2.05) is 24.3 Å². The van der Waals surface area contributed by atoms with Crippen LogP contribution in [0.1, 0.15) is 31.7 Å². The van der Waals surface area contributed by atoms with Gasteiger partial charge in [0.25, 0.3) is 0 Å². The third-order valence-corrected chi connectivity index (χ3v) is 4.23. The van der Waals surface area contributed by atoms with E-state index in [1.54, 1.807) is 11.8 Å². The highest BCUT2D eigenvalue weighted by Crippen LogP contribution is 2.24. The van der Waals surface area contributed by atoms with Gasteiger partial charge in [-0.2, -0.15) is 0 Å². The molecule has 0 aliphatic heterocycles. The van der Waals surface area contributed by atoms with E-state index in [0.717, 1.165) is 30.0 Å². The van der Waals surface area contributed by atoms with Crippen LogP contribution in [-0.4, -0.2) is 18.3 Å². The second kappa shape index (κ2) is 8.44. The summed E-state index contributed by atoms with van der Waals surface area (Å²) in [7, 11) is 1.45. The number of carbonyl (C=O) groups excluding carboxylic acids is 1. The summed E-state index contributed by atoms with van der Waals surface area (Å²) in [5.41, 5.74) is 1.18. The summed E-state index contributed by atoms with van der Waals surface area (Å²) in [6, 6.07) is 7.72. The third kappa shape index (κ3) is 5.32. The molecule has 0 saturated carbocycles. The van der Waals surface area contributed by atoms with E-state index in [1.165, 1.54) is 12.7 Å². The fraction of sp³-hybridized carbons (Fsp3) is 0.500. The van der Waals surface area contributed by atoms with Crippen molar-refractivity contribution in [1.29, 1.82) is 0 Å². The van der Waals surface area contributed by atoms with Gasteiger partial charge in [-0.05, 0) is 24.1 Å². The number of halogens is 1. The van der Waals surface area contributed by atoms with Crippen molar-refractivity contribution in [3.05, 3.63) is 34.9 Å². The van der Waals surface area contributed by atoms with Crippen LogP contribution in [-0.2, 0) is 15.3 Å². The number of methoxy groups -OCH3 is 1. The Morgan fingerprint density at radius 2 is 2.06 bits per heavy atom. The number of esters is 1. The van der Waals surface area contributed by atoms with Gasteiger partial charge < -0.3 is 4.74 Å². The van der Waals surface area contributed by atoms with Crippen molar-refractivity contribution >= 4 is 29.3 Å². The minimum absolute atomic E-state index is 0.0642. The maximum absolute atomic E-state index is 11.6. The molecular formula is C14H19ClO2S. The summed E-state index contributed by atoms with van der Waals surface area (Å²) in [6.45, 7) is 2.12. The summed E-state index contributed by atoms with van der Waals surface area (Å²) < 4.78 is 4.84. The van der Waals surface area contributed by atoms with E-state index in [-0.39, 0.29) is 11.2 Å². The first-order chi connectivity index (χ1) is 8.67. The molecular weight excluding hydrogens is 268 g/mol. The van der Waals surface area contributed by atoms with Gasteiger partial charge in [0.1, 0.15) is 5.25 Å². The van der Waals surface area contributed by atoms with Crippen LogP contribution in [0, 0.1) is 0 Å². The summed E-state index contributed by atoms with van der Waals surface area (Å²) >= 11 is 7.47. The molecule has 1 aromatic rings. The first-order valence-corrected chi connectivity index (χ1v) is 7.54. The van der Waals surface area contributed by atoms with E-state index in [9.17, 15) is 4.79 Å². The van der Waals surface area contributed by atoms with Crippen molar-refractivity contribution in [2.24, 2.45) is 0 Å². The zero-order valence-electron chi connectivity index (χ0n) is 10.8. The van der Waals surface area contributed by atoms with Crippen LogP contribution in [0.25, 0.3) is 0 Å². The van der Waals surface area contributed by atoms with Crippen molar-refractivity contribution in [3.8, 4) is 0 Å². The Hall–Kier alpha value is -0.670. The molecule has 2 nitrogen and oxygen atoms in total. The SMILES string of the molecule is CCCCC(SCc1ccc(Cl)cc1)C(=O)OC. The predicted octanol–water partition coefficient (Wildman–Crippen LogP) is 4.31. The van der Waals surface area contributed by atoms with Crippen LogP contribution in [0.15, 0.2) is 24.3 Å². The number of unbranched alkanes of at least 4 members (excludes halogenated alkanes) is 1. The van der Waals surface area contributed by atoms with E-state index >= 15 is 0 Å². The van der Waals surface area contributed by atoms with Crippen molar-refractivity contribution in [2.75, 3.05) is 7.11 Å². The minimum atomic E-state index is -0.123. The summed E-state index contributed by atoms with van der Waals surface area (Å²) in [4.78, 5) is 11.6. The molecule has 0 aliphatic carbocycles. The first kappa shape index (κ1) is 15.4. The predicted molar refractivity (Wildman–Crippen MR) is 78.1 cm³/mol. The lowest BCUT2D eigenvalue weighted by atomic mass is 10.2. The third-order valence-electron chi connectivity index (χ3n) is 2.65. The molecule has 1 unspecified atom stereocenters. The Bertz CT molecular complexity index is 365. The van der Waals surface area contributed by atoms with Gasteiger partial charge in [-0.25, -0.2) is 0 Å². The second-order valence-corrected chi connectivity index (χ2v) is 5.72. The van der Waals surface area contributed by atoms with Crippen LogP contribution < -0.4 is 0 Å². The maximum atomic E-state index is 11.6. The van der Waals surface area contributed by atoms with Gasteiger partial charge in [0.05, 0.1) is 7.11 Å². The Kier molecular flexibility index (Phi) is 7.21. The molecule has 18 heavy (non-hydrogen) atoms. The van der Waals surface area contributed by atoms with Crippen molar-refractivity contribution < 1.29 is 9.53 Å². The molecule has 0 aliphatic rings. The Labute approximate surface area is 118 Å². The molecule has 0 saturated heterocycles. The average molecular weight is 287 g/mol. The van der Waals surface area contributed by atoms with Crippen LogP contribution in [0.5, 0.6) is 0 Å². The molecule has 1 atom stereocenters. The molecule has 0 N–H and O–H groups in total. The molecule has 0 amide bonds. The minimum Gasteiger partial charge on any atom is -0.468 e. The van der Waals surface area contributed by atoms with E-state index in [4.69, 9.17) is 16.3 Å². The van der Waals surface area contributed by atoms with Gasteiger partial charge in [-0.1, -0.05) is 43.5 Å². The van der Waals surface area contributed by atoms with Crippen LogP contribution in [0.4, 0.5) is 0 Å². The second-order valence-electron chi connectivity index (χ2n) is 4.09. The number of hydrogen-bond donors (Lipinski definition) is 0. The lowest BCUT2D eigenvalue weighted by Crippen LogP contribution is -2.19. The molecule has 0 aromatic heterocycles. The highest BCUT2D eigenvalue weighted by atomic mass is 35.5. The van der Waals surface area contributed by atoms with E-state index < -0.39 is 0 Å². The molecule has 0 radical (unpaired) electrons. The van der Waals surface area contributed by atoms with Crippen LogP contribution in [0.3, 0.4) is 0 Å². The fourth-order valence-corrected chi connectivity index (χ4v) is 2.85. The van der Waals surface area contributed by atoms with Crippen LogP contribution in [0.2, 0.25) is 5.02 Å². The topological polar surface area (TPSA) is 26.3 Å². The monoisotopic (exact) mass is 286 g/mol. The van der Waals surface area contributed by atoms with E-state index in [0.29, 0.717) is 0 Å². The zero-order chi connectivity index (χ0) is 13.4. The number of ether oxygens (including phenoxy) is 1. The number of carbonyl (C=O) groups is 1. The molecule has 0 heterocycles.